The maximum atomic E-state index is 12.4. The molecule has 7 nitrogen and oxygen atoms in total. The van der Waals surface area contributed by atoms with Gasteiger partial charge in [0.15, 0.2) is 5.16 Å². The third-order valence-corrected chi connectivity index (χ3v) is 5.19. The van der Waals surface area contributed by atoms with Crippen LogP contribution in [0.3, 0.4) is 0 Å². The Hall–Kier alpha value is -3.39. The van der Waals surface area contributed by atoms with Crippen LogP contribution in [0.15, 0.2) is 59.8 Å². The molecule has 0 atom stereocenters. The van der Waals surface area contributed by atoms with Crippen LogP contribution < -0.4 is 15.6 Å². The van der Waals surface area contributed by atoms with E-state index in [4.69, 9.17) is 4.74 Å². The van der Waals surface area contributed by atoms with Crippen LogP contribution in [-0.2, 0) is 5.75 Å². The lowest BCUT2D eigenvalue weighted by atomic mass is 10.1. The lowest BCUT2D eigenvalue weighted by molar-refractivity contribution is 0.0844. The van der Waals surface area contributed by atoms with Gasteiger partial charge in [0.05, 0.1) is 12.2 Å². The van der Waals surface area contributed by atoms with Crippen LogP contribution in [0.2, 0.25) is 0 Å². The minimum atomic E-state index is -0.445. The molecule has 1 heterocycles. The molecule has 3 aromatic rings. The van der Waals surface area contributed by atoms with Gasteiger partial charge in [0.2, 0.25) is 0 Å². The quantitative estimate of drug-likeness (QED) is 0.332. The van der Waals surface area contributed by atoms with Gasteiger partial charge in [0.25, 0.3) is 11.8 Å². The zero-order chi connectivity index (χ0) is 22.2. The van der Waals surface area contributed by atoms with Crippen LogP contribution in [0, 0.1) is 13.8 Å². The first-order valence-corrected chi connectivity index (χ1v) is 10.8. The predicted octanol–water partition coefficient (Wildman–Crippen LogP) is 3.86. The summed E-state index contributed by atoms with van der Waals surface area (Å²) in [5.41, 5.74) is 8.57. The normalized spacial score (nSPS) is 10.4. The molecule has 0 unspecified atom stereocenters. The highest BCUT2D eigenvalue weighted by Gasteiger charge is 2.13. The number of hydrazine groups is 1. The monoisotopic (exact) mass is 436 g/mol. The number of hydrogen-bond donors (Lipinski definition) is 2. The first-order chi connectivity index (χ1) is 15.0. The standard InChI is InChI=1S/C23H24N4O3S/c1-4-30-20-8-6-5-7-19(20)22(29)27-26-21(28)18-11-9-17(10-12-18)14-31-23-24-15(2)13-16(3)25-23/h5-13H,4,14H2,1-3H3,(H,26,28)(H,27,29). The van der Waals surface area contributed by atoms with Crippen LogP contribution in [-0.4, -0.2) is 28.4 Å². The Morgan fingerprint density at radius 3 is 2.26 bits per heavy atom. The predicted molar refractivity (Wildman–Crippen MR) is 120 cm³/mol. The van der Waals surface area contributed by atoms with Gasteiger partial charge in [0.1, 0.15) is 5.75 Å². The topological polar surface area (TPSA) is 93.2 Å². The molecule has 160 valence electrons. The van der Waals surface area contributed by atoms with Crippen molar-refractivity contribution in [2.45, 2.75) is 31.7 Å². The van der Waals surface area contributed by atoms with Gasteiger partial charge in [0, 0.05) is 22.7 Å². The molecule has 0 radical (unpaired) electrons. The summed E-state index contributed by atoms with van der Waals surface area (Å²) in [6.07, 6.45) is 0. The van der Waals surface area contributed by atoms with Gasteiger partial charge in [-0.05, 0) is 56.7 Å². The van der Waals surface area contributed by atoms with E-state index in [9.17, 15) is 9.59 Å². The van der Waals surface area contributed by atoms with E-state index < -0.39 is 11.8 Å². The van der Waals surface area contributed by atoms with Crippen molar-refractivity contribution < 1.29 is 14.3 Å². The minimum Gasteiger partial charge on any atom is -0.493 e. The molecule has 0 aliphatic rings. The Morgan fingerprint density at radius 2 is 1.58 bits per heavy atom. The molecule has 0 saturated carbocycles. The Morgan fingerprint density at radius 1 is 0.935 bits per heavy atom. The molecule has 2 N–H and O–H groups in total. The van der Waals surface area contributed by atoms with Gasteiger partial charge in [-0.3, -0.25) is 20.4 Å². The summed E-state index contributed by atoms with van der Waals surface area (Å²) in [6.45, 7) is 6.17. The van der Waals surface area contributed by atoms with Gasteiger partial charge in [-0.1, -0.05) is 36.0 Å². The molecule has 31 heavy (non-hydrogen) atoms. The zero-order valence-corrected chi connectivity index (χ0v) is 18.5. The highest BCUT2D eigenvalue weighted by atomic mass is 32.2. The fraction of sp³-hybridized carbons (Fsp3) is 0.217. The molecule has 2 aromatic carbocycles. The number of ether oxygens (including phenoxy) is 1. The van der Waals surface area contributed by atoms with Crippen molar-refractivity contribution in [1.29, 1.82) is 0 Å². The number of benzene rings is 2. The summed E-state index contributed by atoms with van der Waals surface area (Å²) >= 11 is 1.54. The van der Waals surface area contributed by atoms with Gasteiger partial charge < -0.3 is 4.74 Å². The number of aryl methyl sites for hydroxylation is 2. The highest BCUT2D eigenvalue weighted by Crippen LogP contribution is 2.20. The lowest BCUT2D eigenvalue weighted by Crippen LogP contribution is -2.41. The van der Waals surface area contributed by atoms with E-state index in [-0.39, 0.29) is 0 Å². The van der Waals surface area contributed by atoms with Crippen molar-refractivity contribution in [1.82, 2.24) is 20.8 Å². The van der Waals surface area contributed by atoms with E-state index >= 15 is 0 Å². The van der Waals surface area contributed by atoms with E-state index in [0.717, 1.165) is 22.1 Å². The van der Waals surface area contributed by atoms with Crippen LogP contribution in [0.1, 0.15) is 44.6 Å². The van der Waals surface area contributed by atoms with Crippen LogP contribution in [0.5, 0.6) is 5.75 Å². The first-order valence-electron chi connectivity index (χ1n) is 9.83. The Bertz CT molecular complexity index is 1050. The highest BCUT2D eigenvalue weighted by molar-refractivity contribution is 7.98. The zero-order valence-electron chi connectivity index (χ0n) is 17.6. The molecule has 0 saturated heterocycles. The summed E-state index contributed by atoms with van der Waals surface area (Å²) in [4.78, 5) is 33.6. The Balaban J connectivity index is 1.55. The van der Waals surface area contributed by atoms with Crippen LogP contribution in [0.4, 0.5) is 0 Å². The number of amides is 2. The summed E-state index contributed by atoms with van der Waals surface area (Å²) < 4.78 is 5.45. The second-order valence-electron chi connectivity index (χ2n) is 6.76. The second kappa shape index (κ2) is 10.6. The van der Waals surface area contributed by atoms with Gasteiger partial charge in [-0.25, -0.2) is 9.97 Å². The first kappa shape index (κ1) is 22.3. The molecule has 8 heteroatoms. The summed E-state index contributed by atoms with van der Waals surface area (Å²) in [6, 6.07) is 16.0. The SMILES string of the molecule is CCOc1ccccc1C(=O)NNC(=O)c1ccc(CSc2nc(C)cc(C)n2)cc1. The molecule has 1 aromatic heterocycles. The van der Waals surface area contributed by atoms with E-state index in [1.807, 2.05) is 39.0 Å². The van der Waals surface area contributed by atoms with Gasteiger partial charge in [-0.15, -0.1) is 0 Å². The van der Waals surface area contributed by atoms with Crippen molar-refractivity contribution in [3.05, 3.63) is 82.7 Å². The molecule has 0 fully saturated rings. The number of carbonyl (C=O) groups excluding carboxylic acids is 2. The maximum Gasteiger partial charge on any atom is 0.273 e. The van der Waals surface area contributed by atoms with Crippen molar-refractivity contribution in [2.75, 3.05) is 6.61 Å². The number of carbonyl (C=O) groups is 2. The molecule has 0 aliphatic heterocycles. The van der Waals surface area contributed by atoms with E-state index in [0.29, 0.717) is 29.2 Å². The third-order valence-electron chi connectivity index (χ3n) is 4.27. The fourth-order valence-electron chi connectivity index (χ4n) is 2.85. The largest absolute Gasteiger partial charge is 0.493 e. The molecule has 0 spiro atoms. The van der Waals surface area contributed by atoms with Crippen LogP contribution in [0.25, 0.3) is 0 Å². The average molecular weight is 437 g/mol. The fourth-order valence-corrected chi connectivity index (χ4v) is 3.75. The smallest absolute Gasteiger partial charge is 0.273 e. The second-order valence-corrected chi connectivity index (χ2v) is 7.70. The average Bonchev–Trinajstić information content (AvgIpc) is 2.76. The Labute approximate surface area is 185 Å². The maximum absolute atomic E-state index is 12.4. The number of hydrogen-bond acceptors (Lipinski definition) is 6. The molecular formula is C23H24N4O3S. The number of aromatic nitrogens is 2. The third kappa shape index (κ3) is 6.29. The number of rotatable bonds is 7. The van der Waals surface area contributed by atoms with E-state index in [1.54, 1.807) is 48.2 Å². The van der Waals surface area contributed by atoms with Crippen molar-refractivity contribution in [3.63, 3.8) is 0 Å². The van der Waals surface area contributed by atoms with Crippen molar-refractivity contribution >= 4 is 23.6 Å². The van der Waals surface area contributed by atoms with Gasteiger partial charge >= 0.3 is 0 Å². The molecule has 2 amide bonds. The van der Waals surface area contributed by atoms with E-state index in [2.05, 4.69) is 20.8 Å². The van der Waals surface area contributed by atoms with Gasteiger partial charge in [-0.2, -0.15) is 0 Å². The number of nitrogens with zero attached hydrogens (tertiary/aromatic N) is 2. The summed E-state index contributed by atoms with van der Waals surface area (Å²) in [5.74, 6) is 0.305. The molecule has 0 bridgehead atoms. The summed E-state index contributed by atoms with van der Waals surface area (Å²) in [5, 5.41) is 0.731. The van der Waals surface area contributed by atoms with Crippen molar-refractivity contribution in [2.24, 2.45) is 0 Å². The minimum absolute atomic E-state index is 0.352. The molecular weight excluding hydrogens is 412 g/mol. The number of nitrogens with one attached hydrogen (secondary N) is 2. The number of thioether (sulfide) groups is 1. The Kier molecular flexibility index (Phi) is 7.61. The lowest BCUT2D eigenvalue weighted by Gasteiger charge is -2.11. The summed E-state index contributed by atoms with van der Waals surface area (Å²) in [7, 11) is 0. The van der Waals surface area contributed by atoms with E-state index in [1.165, 1.54) is 0 Å². The van der Waals surface area contributed by atoms with Crippen molar-refractivity contribution in [3.8, 4) is 5.75 Å². The van der Waals surface area contributed by atoms with Crippen LogP contribution >= 0.6 is 11.8 Å². The number of para-hydroxylation sites is 1. The molecule has 0 aliphatic carbocycles. The molecule has 3 rings (SSSR count).